The molecule has 0 bridgehead atoms. The van der Waals surface area contributed by atoms with E-state index in [9.17, 15) is 14.4 Å². The Kier molecular flexibility index (Phi) is 8.57. The van der Waals surface area contributed by atoms with Gasteiger partial charge in [0.1, 0.15) is 12.4 Å². The highest BCUT2D eigenvalue weighted by atomic mass is 35.5. The van der Waals surface area contributed by atoms with Gasteiger partial charge in [-0.1, -0.05) is 11.6 Å². The van der Waals surface area contributed by atoms with Crippen molar-refractivity contribution in [2.75, 3.05) is 15.6 Å². The van der Waals surface area contributed by atoms with E-state index >= 15 is 0 Å². The van der Waals surface area contributed by atoms with E-state index in [1.54, 1.807) is 18.2 Å². The third kappa shape index (κ3) is 7.31. The van der Waals surface area contributed by atoms with E-state index in [1.165, 1.54) is 54.7 Å². The zero-order chi connectivity index (χ0) is 23.7. The molecule has 32 heavy (non-hydrogen) atoms. The zero-order valence-corrected chi connectivity index (χ0v) is 17.7. The Morgan fingerprint density at radius 1 is 1.12 bits per heavy atom. The smallest absolute Gasteiger partial charge is 0.409 e. The van der Waals surface area contributed by atoms with E-state index in [-0.39, 0.29) is 0 Å². The molecular formula is C20H22ClN7O4. The van der Waals surface area contributed by atoms with Crippen LogP contribution < -0.4 is 32.6 Å². The molecule has 12 heteroatoms. The molecule has 2 aromatic carbocycles. The number of nitrogens with one attached hydrogen (secondary N) is 3. The molecule has 1 atom stereocenters. The Bertz CT molecular complexity index is 1040. The van der Waals surface area contributed by atoms with Gasteiger partial charge in [0.25, 0.3) is 0 Å². The fraction of sp³-hybridized carbons (Fsp3) is 0.100. The van der Waals surface area contributed by atoms with Crippen LogP contribution in [0.15, 0.2) is 53.6 Å². The Morgan fingerprint density at radius 2 is 1.75 bits per heavy atom. The number of carboxylic acid groups (broad SMARTS) is 1. The summed E-state index contributed by atoms with van der Waals surface area (Å²) >= 11 is 6.01. The number of hydrogen-bond donors (Lipinski definition) is 6. The van der Waals surface area contributed by atoms with E-state index in [0.717, 1.165) is 0 Å². The topological polar surface area (TPSA) is 175 Å². The van der Waals surface area contributed by atoms with Crippen LogP contribution in [0.5, 0.6) is 0 Å². The number of amides is 3. The van der Waals surface area contributed by atoms with Gasteiger partial charge in [-0.05, 0) is 55.5 Å². The number of hydrazine groups is 1. The monoisotopic (exact) mass is 459 g/mol. The SMILES string of the molecule is CC(NC(=O)/C=C/c1cc(Cl)ccc1N(N)/C=N\N)C(=O)Nc1ccc(NC(=O)O)cc1. The number of nitrogens with zero attached hydrogens (tertiary/aromatic N) is 2. The van der Waals surface area contributed by atoms with Gasteiger partial charge in [0, 0.05) is 28.0 Å². The predicted octanol–water partition coefficient (Wildman–Crippen LogP) is 2.17. The van der Waals surface area contributed by atoms with Crippen molar-refractivity contribution in [2.45, 2.75) is 13.0 Å². The van der Waals surface area contributed by atoms with Crippen molar-refractivity contribution < 1.29 is 19.5 Å². The van der Waals surface area contributed by atoms with Crippen LogP contribution in [0.2, 0.25) is 5.02 Å². The van der Waals surface area contributed by atoms with Crippen molar-refractivity contribution in [3.8, 4) is 0 Å². The molecule has 2 aromatic rings. The molecule has 0 heterocycles. The third-order valence-corrected chi connectivity index (χ3v) is 4.26. The lowest BCUT2D eigenvalue weighted by atomic mass is 10.1. The number of benzene rings is 2. The normalized spacial score (nSPS) is 11.8. The summed E-state index contributed by atoms with van der Waals surface area (Å²) in [5, 5.41) is 21.0. The minimum absolute atomic E-state index is 0.358. The molecule has 11 nitrogen and oxygen atoms in total. The van der Waals surface area contributed by atoms with Gasteiger partial charge in [0.15, 0.2) is 0 Å². The maximum absolute atomic E-state index is 12.3. The molecule has 0 aliphatic heterocycles. The summed E-state index contributed by atoms with van der Waals surface area (Å²) in [5.41, 5.74) is 1.83. The molecule has 0 aromatic heterocycles. The average Bonchev–Trinajstić information content (AvgIpc) is 2.73. The molecule has 3 amide bonds. The summed E-state index contributed by atoms with van der Waals surface area (Å²) in [6.45, 7) is 1.52. The van der Waals surface area contributed by atoms with Gasteiger partial charge in [-0.15, -0.1) is 0 Å². The minimum Gasteiger partial charge on any atom is -0.465 e. The van der Waals surface area contributed by atoms with Gasteiger partial charge in [-0.3, -0.25) is 19.9 Å². The van der Waals surface area contributed by atoms with Crippen molar-refractivity contribution in [3.05, 3.63) is 59.1 Å². The quantitative estimate of drug-likeness (QED) is 0.115. The number of carbonyl (C=O) groups excluding carboxylic acids is 2. The van der Waals surface area contributed by atoms with Crippen LogP contribution in [0.3, 0.4) is 0 Å². The largest absolute Gasteiger partial charge is 0.465 e. The lowest BCUT2D eigenvalue weighted by Crippen LogP contribution is -2.40. The summed E-state index contributed by atoms with van der Waals surface area (Å²) in [6, 6.07) is 10.1. The average molecular weight is 460 g/mol. The standard InChI is InChI=1S/C20H22ClN7O4/c1-12(19(30)26-15-4-6-16(7-5-15)27-20(31)32)25-18(29)9-2-13-10-14(21)3-8-17(13)28(23)11-24-22/h2-12,27H,22-23H2,1H3,(H,25,29)(H,26,30)(H,31,32)/b9-2+,24-11-. The fourth-order valence-electron chi connectivity index (χ4n) is 2.53. The van der Waals surface area contributed by atoms with E-state index in [0.29, 0.717) is 27.6 Å². The Hall–Kier alpha value is -4.09. The first-order valence-corrected chi connectivity index (χ1v) is 9.53. The predicted molar refractivity (Wildman–Crippen MR) is 124 cm³/mol. The van der Waals surface area contributed by atoms with E-state index in [4.69, 9.17) is 28.4 Å². The second-order valence-electron chi connectivity index (χ2n) is 6.44. The van der Waals surface area contributed by atoms with Crippen LogP contribution in [-0.2, 0) is 9.59 Å². The van der Waals surface area contributed by atoms with Crippen LogP contribution in [0, 0.1) is 0 Å². The van der Waals surface area contributed by atoms with Crippen molar-refractivity contribution >= 4 is 59.0 Å². The van der Waals surface area contributed by atoms with Gasteiger partial charge in [0.05, 0.1) is 5.69 Å². The maximum atomic E-state index is 12.3. The van der Waals surface area contributed by atoms with Crippen LogP contribution in [0.25, 0.3) is 6.08 Å². The number of anilines is 3. The highest BCUT2D eigenvalue weighted by molar-refractivity contribution is 6.30. The van der Waals surface area contributed by atoms with E-state index in [2.05, 4.69) is 21.1 Å². The lowest BCUT2D eigenvalue weighted by molar-refractivity contribution is -0.123. The molecule has 1 unspecified atom stereocenters. The summed E-state index contributed by atoms with van der Waals surface area (Å²) in [7, 11) is 0. The molecule has 2 rings (SSSR count). The molecule has 0 saturated heterocycles. The highest BCUT2D eigenvalue weighted by Crippen LogP contribution is 2.23. The lowest BCUT2D eigenvalue weighted by Gasteiger charge is -2.15. The molecule has 168 valence electrons. The number of rotatable bonds is 8. The number of halogens is 1. The molecule has 0 spiro atoms. The van der Waals surface area contributed by atoms with Gasteiger partial charge < -0.3 is 21.6 Å². The van der Waals surface area contributed by atoms with Gasteiger partial charge in [-0.25, -0.2) is 10.6 Å². The summed E-state index contributed by atoms with van der Waals surface area (Å²) in [4.78, 5) is 35.2. The highest BCUT2D eigenvalue weighted by Gasteiger charge is 2.15. The van der Waals surface area contributed by atoms with Crippen LogP contribution >= 0.6 is 11.6 Å². The maximum Gasteiger partial charge on any atom is 0.409 e. The van der Waals surface area contributed by atoms with Crippen LogP contribution in [0.1, 0.15) is 12.5 Å². The second-order valence-corrected chi connectivity index (χ2v) is 6.87. The Labute approximate surface area is 188 Å². The van der Waals surface area contributed by atoms with Crippen molar-refractivity contribution in [1.29, 1.82) is 0 Å². The summed E-state index contributed by atoms with van der Waals surface area (Å²) in [6.07, 6.45) is 2.72. The molecule has 0 fully saturated rings. The third-order valence-electron chi connectivity index (χ3n) is 4.03. The first kappa shape index (κ1) is 24.2. The number of carbonyl (C=O) groups is 3. The number of hydrogen-bond acceptors (Lipinski definition) is 6. The van der Waals surface area contributed by atoms with Crippen molar-refractivity contribution in [2.24, 2.45) is 16.8 Å². The summed E-state index contributed by atoms with van der Waals surface area (Å²) in [5.74, 6) is 9.96. The molecule has 8 N–H and O–H groups in total. The second kappa shape index (κ2) is 11.3. The van der Waals surface area contributed by atoms with Crippen LogP contribution in [0.4, 0.5) is 21.9 Å². The Morgan fingerprint density at radius 3 is 2.34 bits per heavy atom. The van der Waals surface area contributed by atoms with Crippen LogP contribution in [-0.4, -0.2) is 35.4 Å². The molecule has 0 aliphatic carbocycles. The first-order chi connectivity index (χ1) is 15.2. The minimum atomic E-state index is -1.19. The molecule has 0 saturated carbocycles. The van der Waals surface area contributed by atoms with Crippen molar-refractivity contribution in [3.63, 3.8) is 0 Å². The van der Waals surface area contributed by atoms with Gasteiger partial charge in [-0.2, -0.15) is 5.10 Å². The fourth-order valence-corrected chi connectivity index (χ4v) is 2.71. The molecule has 0 radical (unpaired) electrons. The summed E-state index contributed by atoms with van der Waals surface area (Å²) < 4.78 is 0. The van der Waals surface area contributed by atoms with E-state index < -0.39 is 23.9 Å². The van der Waals surface area contributed by atoms with Gasteiger partial charge >= 0.3 is 6.09 Å². The first-order valence-electron chi connectivity index (χ1n) is 9.16. The zero-order valence-electron chi connectivity index (χ0n) is 16.9. The van der Waals surface area contributed by atoms with Gasteiger partial charge in [0.2, 0.25) is 11.8 Å². The Balaban J connectivity index is 1.99. The number of nitrogens with two attached hydrogens (primary N) is 2. The molecule has 0 aliphatic rings. The number of hydrazone groups is 1. The van der Waals surface area contributed by atoms with Crippen molar-refractivity contribution in [1.82, 2.24) is 5.32 Å². The molecular weight excluding hydrogens is 438 g/mol. The van der Waals surface area contributed by atoms with E-state index in [1.807, 2.05) is 0 Å².